The number of pyridine rings is 1. The standard InChI is InChI=1S/C13H19N3O2/c1-16(2)13(17)11-3-4-12(15-8-11)14-7-10-5-6-18-9-10/h3-4,8,10H,5-7,9H2,1-2H3,(H,14,15). The molecule has 1 atom stereocenters. The molecule has 18 heavy (non-hydrogen) atoms. The van der Waals surface area contributed by atoms with Crippen molar-refractivity contribution in [1.82, 2.24) is 9.88 Å². The number of nitrogens with zero attached hydrogens (tertiary/aromatic N) is 2. The summed E-state index contributed by atoms with van der Waals surface area (Å²) in [5, 5.41) is 3.27. The third-order valence-electron chi connectivity index (χ3n) is 3.01. The summed E-state index contributed by atoms with van der Waals surface area (Å²) in [5.41, 5.74) is 0.606. The van der Waals surface area contributed by atoms with E-state index in [9.17, 15) is 4.79 Å². The second-order valence-electron chi connectivity index (χ2n) is 4.74. The van der Waals surface area contributed by atoms with Gasteiger partial charge in [-0.1, -0.05) is 0 Å². The van der Waals surface area contributed by atoms with Crippen LogP contribution in [0.1, 0.15) is 16.8 Å². The zero-order chi connectivity index (χ0) is 13.0. The van der Waals surface area contributed by atoms with Crippen LogP contribution in [0.15, 0.2) is 18.3 Å². The van der Waals surface area contributed by atoms with Crippen LogP contribution < -0.4 is 5.32 Å². The molecule has 1 aromatic heterocycles. The summed E-state index contributed by atoms with van der Waals surface area (Å²) in [6.45, 7) is 2.55. The van der Waals surface area contributed by atoms with Gasteiger partial charge in [0.25, 0.3) is 5.91 Å². The van der Waals surface area contributed by atoms with Gasteiger partial charge < -0.3 is 15.0 Å². The molecule has 0 saturated carbocycles. The first-order valence-corrected chi connectivity index (χ1v) is 6.16. The minimum Gasteiger partial charge on any atom is -0.381 e. The molecule has 0 spiro atoms. The van der Waals surface area contributed by atoms with Crippen molar-refractivity contribution in [3.8, 4) is 0 Å². The van der Waals surface area contributed by atoms with E-state index in [0.717, 1.165) is 32.0 Å². The highest BCUT2D eigenvalue weighted by molar-refractivity contribution is 5.93. The van der Waals surface area contributed by atoms with E-state index >= 15 is 0 Å². The summed E-state index contributed by atoms with van der Waals surface area (Å²) in [5.74, 6) is 1.34. The van der Waals surface area contributed by atoms with E-state index in [4.69, 9.17) is 4.74 Å². The van der Waals surface area contributed by atoms with Gasteiger partial charge in [-0.2, -0.15) is 0 Å². The Hall–Kier alpha value is -1.62. The summed E-state index contributed by atoms with van der Waals surface area (Å²) in [7, 11) is 3.46. The predicted molar refractivity (Wildman–Crippen MR) is 69.7 cm³/mol. The van der Waals surface area contributed by atoms with Gasteiger partial charge in [-0.15, -0.1) is 0 Å². The normalized spacial score (nSPS) is 18.7. The van der Waals surface area contributed by atoms with E-state index in [1.165, 1.54) is 0 Å². The van der Waals surface area contributed by atoms with Crippen LogP contribution in [0.4, 0.5) is 5.82 Å². The van der Waals surface area contributed by atoms with Gasteiger partial charge in [-0.05, 0) is 18.6 Å². The topological polar surface area (TPSA) is 54.5 Å². The maximum absolute atomic E-state index is 11.7. The van der Waals surface area contributed by atoms with Crippen LogP contribution in [0.25, 0.3) is 0 Å². The smallest absolute Gasteiger partial charge is 0.254 e. The van der Waals surface area contributed by atoms with Gasteiger partial charge in [0.05, 0.1) is 12.2 Å². The molecule has 0 radical (unpaired) electrons. The van der Waals surface area contributed by atoms with Gasteiger partial charge in [0.15, 0.2) is 0 Å². The predicted octanol–water partition coefficient (Wildman–Crippen LogP) is 1.23. The van der Waals surface area contributed by atoms with E-state index in [2.05, 4.69) is 10.3 Å². The number of carbonyl (C=O) groups is 1. The van der Waals surface area contributed by atoms with Crippen molar-refractivity contribution >= 4 is 11.7 Å². The Morgan fingerprint density at radius 1 is 1.56 bits per heavy atom. The third kappa shape index (κ3) is 3.20. The van der Waals surface area contributed by atoms with Crippen molar-refractivity contribution in [2.45, 2.75) is 6.42 Å². The number of amides is 1. The molecule has 0 aliphatic carbocycles. The van der Waals surface area contributed by atoms with Gasteiger partial charge in [0, 0.05) is 39.4 Å². The zero-order valence-electron chi connectivity index (χ0n) is 10.8. The molecule has 0 bridgehead atoms. The van der Waals surface area contributed by atoms with Crippen molar-refractivity contribution in [1.29, 1.82) is 0 Å². The maximum atomic E-state index is 11.7. The molecule has 2 rings (SSSR count). The van der Waals surface area contributed by atoms with Gasteiger partial charge in [0.2, 0.25) is 0 Å². The summed E-state index contributed by atoms with van der Waals surface area (Å²) >= 11 is 0. The molecule has 1 aliphatic heterocycles. The van der Waals surface area contributed by atoms with E-state index < -0.39 is 0 Å². The monoisotopic (exact) mass is 249 g/mol. The SMILES string of the molecule is CN(C)C(=O)c1ccc(NCC2CCOC2)nc1. The van der Waals surface area contributed by atoms with Crippen molar-refractivity contribution < 1.29 is 9.53 Å². The van der Waals surface area contributed by atoms with Crippen LogP contribution in [0.3, 0.4) is 0 Å². The van der Waals surface area contributed by atoms with Crippen molar-refractivity contribution in [2.24, 2.45) is 5.92 Å². The fourth-order valence-corrected chi connectivity index (χ4v) is 1.88. The number of anilines is 1. The molecule has 0 aromatic carbocycles. The first-order valence-electron chi connectivity index (χ1n) is 6.16. The Kier molecular flexibility index (Phi) is 4.15. The molecule has 1 aliphatic rings. The molecule has 1 unspecified atom stereocenters. The average molecular weight is 249 g/mol. The van der Waals surface area contributed by atoms with Crippen LogP contribution in [0.5, 0.6) is 0 Å². The second-order valence-corrected chi connectivity index (χ2v) is 4.74. The molecule has 1 fully saturated rings. The molecule has 1 aromatic rings. The lowest BCUT2D eigenvalue weighted by Gasteiger charge is -2.12. The van der Waals surface area contributed by atoms with Gasteiger partial charge in [0.1, 0.15) is 5.82 Å². The number of rotatable bonds is 4. The van der Waals surface area contributed by atoms with E-state index in [-0.39, 0.29) is 5.91 Å². The van der Waals surface area contributed by atoms with E-state index in [1.54, 1.807) is 31.3 Å². The maximum Gasteiger partial charge on any atom is 0.254 e. The number of aromatic nitrogens is 1. The van der Waals surface area contributed by atoms with Crippen LogP contribution >= 0.6 is 0 Å². The zero-order valence-corrected chi connectivity index (χ0v) is 10.8. The third-order valence-corrected chi connectivity index (χ3v) is 3.01. The minimum atomic E-state index is -0.0294. The summed E-state index contributed by atoms with van der Waals surface area (Å²) in [6.07, 6.45) is 2.71. The molecule has 1 N–H and O–H groups in total. The summed E-state index contributed by atoms with van der Waals surface area (Å²) in [6, 6.07) is 3.63. The molecule has 98 valence electrons. The Morgan fingerprint density at radius 3 is 2.94 bits per heavy atom. The van der Waals surface area contributed by atoms with E-state index in [1.807, 2.05) is 6.07 Å². The molecule has 1 saturated heterocycles. The Balaban J connectivity index is 1.89. The number of hydrogen-bond donors (Lipinski definition) is 1. The van der Waals surface area contributed by atoms with Crippen LogP contribution in [0, 0.1) is 5.92 Å². The van der Waals surface area contributed by atoms with Gasteiger partial charge >= 0.3 is 0 Å². The highest BCUT2D eigenvalue weighted by Crippen LogP contribution is 2.13. The number of hydrogen-bond acceptors (Lipinski definition) is 4. The average Bonchev–Trinajstić information content (AvgIpc) is 2.89. The Labute approximate surface area is 107 Å². The molecule has 1 amide bonds. The second kappa shape index (κ2) is 5.82. The number of ether oxygens (including phenoxy) is 1. The van der Waals surface area contributed by atoms with Gasteiger partial charge in [-0.3, -0.25) is 4.79 Å². The summed E-state index contributed by atoms with van der Waals surface area (Å²) < 4.78 is 5.31. The molecular weight excluding hydrogens is 230 g/mol. The molecule has 5 nitrogen and oxygen atoms in total. The molecular formula is C13H19N3O2. The highest BCUT2D eigenvalue weighted by Gasteiger charge is 2.15. The number of carbonyl (C=O) groups excluding carboxylic acids is 1. The Morgan fingerprint density at radius 2 is 2.39 bits per heavy atom. The Bertz CT molecular complexity index is 397. The lowest BCUT2D eigenvalue weighted by Crippen LogP contribution is -2.22. The largest absolute Gasteiger partial charge is 0.381 e. The lowest BCUT2D eigenvalue weighted by molar-refractivity contribution is 0.0827. The van der Waals surface area contributed by atoms with Crippen molar-refractivity contribution in [3.05, 3.63) is 23.9 Å². The van der Waals surface area contributed by atoms with Gasteiger partial charge in [-0.25, -0.2) is 4.98 Å². The molecule has 5 heteroatoms. The summed E-state index contributed by atoms with van der Waals surface area (Å²) in [4.78, 5) is 17.5. The van der Waals surface area contributed by atoms with Crippen molar-refractivity contribution in [2.75, 3.05) is 39.2 Å². The van der Waals surface area contributed by atoms with Crippen LogP contribution in [-0.4, -0.2) is 49.6 Å². The van der Waals surface area contributed by atoms with Crippen LogP contribution in [0.2, 0.25) is 0 Å². The lowest BCUT2D eigenvalue weighted by atomic mass is 10.1. The fourth-order valence-electron chi connectivity index (χ4n) is 1.88. The quantitative estimate of drug-likeness (QED) is 0.872. The minimum absolute atomic E-state index is 0.0294. The van der Waals surface area contributed by atoms with Crippen molar-refractivity contribution in [3.63, 3.8) is 0 Å². The molecule has 2 heterocycles. The highest BCUT2D eigenvalue weighted by atomic mass is 16.5. The van der Waals surface area contributed by atoms with E-state index in [0.29, 0.717) is 11.5 Å². The van der Waals surface area contributed by atoms with Crippen LogP contribution in [-0.2, 0) is 4.74 Å². The number of nitrogens with one attached hydrogen (secondary N) is 1. The first kappa shape index (κ1) is 12.8. The first-order chi connectivity index (χ1) is 8.66. The fraction of sp³-hybridized carbons (Fsp3) is 0.538.